The Morgan fingerprint density at radius 1 is 1.02 bits per heavy atom. The molecule has 0 unspecified atom stereocenters. The van der Waals surface area contributed by atoms with E-state index in [1.54, 1.807) is 17.7 Å². The molecule has 3 saturated carbocycles. The number of benzene rings is 1. The summed E-state index contributed by atoms with van der Waals surface area (Å²) in [6.45, 7) is 1.89. The number of aromatic nitrogens is 4. The molecule has 9 rings (SSSR count). The number of fused-ring (bicyclic) bond motifs is 4. The Morgan fingerprint density at radius 3 is 2.56 bits per heavy atom. The van der Waals surface area contributed by atoms with Crippen LogP contribution in [0.15, 0.2) is 30.3 Å². The van der Waals surface area contributed by atoms with Crippen LogP contribution in [0.4, 0.5) is 8.78 Å². The number of hydrogen-bond donors (Lipinski definition) is 2. The fourth-order valence-electron chi connectivity index (χ4n) is 9.00. The SMILES string of the molecule is COc1cc(C(=O)N2C[C@H](N)[C@@H]3CC[C@H]2C3)cc2nc(-c3cc4ccc5nc4n3CC(F)(F)CCCCC3(CC3)C(=O)N[C@@H]5C)n(C3CC3)c12. The van der Waals surface area contributed by atoms with Crippen LogP contribution in [0.5, 0.6) is 5.75 Å². The van der Waals surface area contributed by atoms with Crippen molar-refractivity contribution in [1.29, 1.82) is 0 Å². The lowest BCUT2D eigenvalue weighted by Crippen LogP contribution is -2.51. The number of amides is 2. The van der Waals surface area contributed by atoms with Crippen molar-refractivity contribution in [1.82, 2.24) is 29.3 Å². The van der Waals surface area contributed by atoms with Crippen molar-refractivity contribution in [2.24, 2.45) is 17.1 Å². The summed E-state index contributed by atoms with van der Waals surface area (Å²) < 4.78 is 41.6. The van der Waals surface area contributed by atoms with E-state index in [1.807, 2.05) is 36.1 Å². The van der Waals surface area contributed by atoms with Crippen LogP contribution < -0.4 is 15.8 Å². The van der Waals surface area contributed by atoms with Gasteiger partial charge in [-0.05, 0) is 101 Å². The molecule has 12 heteroatoms. The smallest absolute Gasteiger partial charge is 0.265 e. The third-order valence-electron chi connectivity index (χ3n) is 12.2. The minimum atomic E-state index is -3.00. The second-order valence-electron chi connectivity index (χ2n) is 15.7. The zero-order chi connectivity index (χ0) is 34.5. The second kappa shape index (κ2) is 11.5. The lowest BCUT2D eigenvalue weighted by atomic mass is 9.94. The fourth-order valence-corrected chi connectivity index (χ4v) is 9.00. The van der Waals surface area contributed by atoms with Gasteiger partial charge in [-0.3, -0.25) is 9.59 Å². The number of piperidine rings is 1. The van der Waals surface area contributed by atoms with Crippen LogP contribution in [0, 0.1) is 11.3 Å². The molecule has 4 fully saturated rings. The van der Waals surface area contributed by atoms with Gasteiger partial charge in [-0.2, -0.15) is 0 Å². The molecule has 1 saturated heterocycles. The zero-order valence-electron chi connectivity index (χ0n) is 28.8. The Kier molecular flexibility index (Phi) is 7.32. The van der Waals surface area contributed by atoms with E-state index in [1.165, 1.54) is 0 Å². The molecule has 3 N–H and O–H groups in total. The molecule has 3 aliphatic carbocycles. The lowest BCUT2D eigenvalue weighted by molar-refractivity contribution is -0.127. The molecule has 4 bridgehead atoms. The number of nitrogens with zero attached hydrogens (tertiary/aromatic N) is 5. The number of likely N-dealkylation sites (tertiary alicyclic amines) is 1. The number of carbonyl (C=O) groups excluding carboxylic acids is 2. The van der Waals surface area contributed by atoms with E-state index in [0.717, 1.165) is 55.8 Å². The highest BCUT2D eigenvalue weighted by Gasteiger charge is 2.49. The van der Waals surface area contributed by atoms with Gasteiger partial charge in [-0.25, -0.2) is 18.7 Å². The van der Waals surface area contributed by atoms with Crippen LogP contribution in [-0.4, -0.2) is 67.5 Å². The Morgan fingerprint density at radius 2 is 1.80 bits per heavy atom. The quantitative estimate of drug-likeness (QED) is 0.253. The second-order valence-corrected chi connectivity index (χ2v) is 15.7. The molecular formula is C38H45F2N7O3. The van der Waals surface area contributed by atoms with E-state index in [2.05, 4.69) is 9.88 Å². The van der Waals surface area contributed by atoms with Crippen LogP contribution in [0.2, 0.25) is 0 Å². The molecule has 5 heterocycles. The molecule has 50 heavy (non-hydrogen) atoms. The normalized spacial score (nSPS) is 27.5. The maximum atomic E-state index is 16.0. The van der Waals surface area contributed by atoms with Crippen molar-refractivity contribution in [3.63, 3.8) is 0 Å². The van der Waals surface area contributed by atoms with Crippen LogP contribution in [-0.2, 0) is 11.3 Å². The minimum Gasteiger partial charge on any atom is -0.494 e. The summed E-state index contributed by atoms with van der Waals surface area (Å²) in [4.78, 5) is 39.3. The molecule has 4 atom stereocenters. The molecule has 3 aromatic heterocycles. The summed E-state index contributed by atoms with van der Waals surface area (Å²) in [7, 11) is 1.59. The molecule has 4 aromatic rings. The van der Waals surface area contributed by atoms with E-state index < -0.39 is 17.9 Å². The highest BCUT2D eigenvalue weighted by atomic mass is 19.3. The van der Waals surface area contributed by atoms with E-state index in [9.17, 15) is 9.59 Å². The average Bonchev–Trinajstić information content (AvgIpc) is 3.99. The first-order valence-corrected chi connectivity index (χ1v) is 18.4. The Labute approximate surface area is 289 Å². The summed E-state index contributed by atoms with van der Waals surface area (Å²) in [5, 5.41) is 3.89. The maximum absolute atomic E-state index is 16.0. The Hall–Kier alpha value is -4.06. The highest BCUT2D eigenvalue weighted by molar-refractivity contribution is 6.00. The average molecular weight is 686 g/mol. The number of carbonyl (C=O) groups is 2. The van der Waals surface area contributed by atoms with Gasteiger partial charge in [-0.15, -0.1) is 0 Å². The predicted molar refractivity (Wildman–Crippen MR) is 185 cm³/mol. The molecular weight excluding hydrogens is 640 g/mol. The summed E-state index contributed by atoms with van der Waals surface area (Å²) in [6, 6.07) is 9.18. The number of nitrogens with two attached hydrogens (primary N) is 1. The molecule has 1 spiro atoms. The number of halogens is 2. The Bertz CT molecular complexity index is 2030. The summed E-state index contributed by atoms with van der Waals surface area (Å²) >= 11 is 0. The van der Waals surface area contributed by atoms with Gasteiger partial charge in [-0.1, -0.05) is 6.42 Å². The number of methoxy groups -OCH3 is 1. The molecule has 5 aliphatic rings. The largest absolute Gasteiger partial charge is 0.494 e. The molecule has 264 valence electrons. The van der Waals surface area contributed by atoms with Crippen LogP contribution in [0.1, 0.15) is 106 Å². The van der Waals surface area contributed by atoms with E-state index in [-0.39, 0.29) is 42.4 Å². The topological polar surface area (TPSA) is 120 Å². The highest BCUT2D eigenvalue weighted by Crippen LogP contribution is 2.51. The third-order valence-corrected chi connectivity index (χ3v) is 12.2. The van der Waals surface area contributed by atoms with Gasteiger partial charge in [0, 0.05) is 47.5 Å². The van der Waals surface area contributed by atoms with Gasteiger partial charge in [0.25, 0.3) is 11.8 Å². The van der Waals surface area contributed by atoms with Gasteiger partial charge in [0.05, 0.1) is 36.6 Å². The monoisotopic (exact) mass is 685 g/mol. The first kappa shape index (κ1) is 31.9. The van der Waals surface area contributed by atoms with E-state index >= 15 is 8.78 Å². The molecule has 2 amide bonds. The van der Waals surface area contributed by atoms with Crippen LogP contribution in [0.25, 0.3) is 33.6 Å². The number of hydrogen-bond acceptors (Lipinski definition) is 6. The molecule has 0 radical (unpaired) electrons. The van der Waals surface area contributed by atoms with E-state index in [4.69, 9.17) is 20.4 Å². The number of ether oxygens (including phenoxy) is 1. The van der Waals surface area contributed by atoms with Crippen molar-refractivity contribution in [3.05, 3.63) is 41.6 Å². The van der Waals surface area contributed by atoms with Crippen LogP contribution in [0.3, 0.4) is 0 Å². The van der Waals surface area contributed by atoms with E-state index in [0.29, 0.717) is 71.4 Å². The third kappa shape index (κ3) is 5.27. The lowest BCUT2D eigenvalue weighted by Gasteiger charge is -2.37. The molecule has 1 aromatic carbocycles. The van der Waals surface area contributed by atoms with Gasteiger partial charge >= 0.3 is 0 Å². The summed E-state index contributed by atoms with van der Waals surface area (Å²) in [5.41, 5.74) is 9.46. The summed E-state index contributed by atoms with van der Waals surface area (Å²) in [6.07, 6.45) is 7.66. The minimum absolute atomic E-state index is 0.00712. The van der Waals surface area contributed by atoms with Gasteiger partial charge < -0.3 is 29.8 Å². The zero-order valence-corrected chi connectivity index (χ0v) is 28.8. The van der Waals surface area contributed by atoms with Gasteiger partial charge in [0.2, 0.25) is 5.91 Å². The van der Waals surface area contributed by atoms with Crippen molar-refractivity contribution in [2.45, 2.75) is 114 Å². The van der Waals surface area contributed by atoms with Crippen molar-refractivity contribution in [3.8, 4) is 17.3 Å². The number of rotatable bonds is 4. The number of nitrogens with one attached hydrogen (secondary N) is 1. The Balaban J connectivity index is 1.17. The number of pyridine rings is 1. The first-order chi connectivity index (χ1) is 24.0. The van der Waals surface area contributed by atoms with Gasteiger partial charge in [0.1, 0.15) is 16.9 Å². The van der Waals surface area contributed by atoms with Crippen LogP contribution >= 0.6 is 0 Å². The van der Waals surface area contributed by atoms with Gasteiger partial charge in [0.15, 0.2) is 5.82 Å². The predicted octanol–water partition coefficient (Wildman–Crippen LogP) is 6.52. The fraction of sp³-hybridized carbons (Fsp3) is 0.579. The van der Waals surface area contributed by atoms with Crippen molar-refractivity contribution >= 4 is 33.9 Å². The van der Waals surface area contributed by atoms with Crippen molar-refractivity contribution < 1.29 is 23.1 Å². The molecule has 10 nitrogen and oxygen atoms in total. The standard InChI is InChI=1S/C38H45F2N7O3/c1-21-28-10-6-23-17-30(46(33(23)43-28)20-38(39,40)12-4-3-11-37(13-14-37)36(49)42-21)34-44-29-16-24(18-31(50-2)32(29)47(34)25-8-9-25)35(48)45-19-27(41)22-5-7-26(45)15-22/h6,10,16-18,21-22,25-27H,3-5,7-9,11-15,19-20,41H2,1-2H3,(H,42,49)/t21-,22-,26+,27+/m1/s1. The maximum Gasteiger partial charge on any atom is 0.265 e. The number of imidazole rings is 1. The molecule has 2 aliphatic heterocycles. The van der Waals surface area contributed by atoms with Crippen molar-refractivity contribution in [2.75, 3.05) is 13.7 Å². The summed E-state index contributed by atoms with van der Waals surface area (Å²) in [5.74, 6) is -1.54. The first-order valence-electron chi connectivity index (χ1n) is 18.4. The number of alkyl halides is 2.